The summed E-state index contributed by atoms with van der Waals surface area (Å²) in [6.45, 7) is 1.93. The zero-order valence-electron chi connectivity index (χ0n) is 10.00. The first-order valence-electron chi connectivity index (χ1n) is 5.75. The van der Waals surface area contributed by atoms with Crippen molar-refractivity contribution in [2.75, 3.05) is 5.32 Å². The lowest BCUT2D eigenvalue weighted by molar-refractivity contribution is -0.137. The highest BCUT2D eigenvalue weighted by atomic mass is 16.4. The summed E-state index contributed by atoms with van der Waals surface area (Å²) in [6, 6.07) is 3.45. The fourth-order valence-electron chi connectivity index (χ4n) is 1.65. The molecule has 0 amide bonds. The standard InChI is InChI=1S/C12H14N4O2/c1-2-8(7-11(17)18)15-10-4-3-9-12(16-10)14-6-5-13-9/h3-6,8H,2,7H2,1H3,(H,17,18)(H,14,15,16). The molecule has 0 fully saturated rings. The first kappa shape index (κ1) is 12.2. The van der Waals surface area contributed by atoms with Crippen LogP contribution in [0.4, 0.5) is 5.82 Å². The highest BCUT2D eigenvalue weighted by Crippen LogP contribution is 2.13. The van der Waals surface area contributed by atoms with Crippen molar-refractivity contribution in [2.24, 2.45) is 0 Å². The number of rotatable bonds is 5. The van der Waals surface area contributed by atoms with E-state index in [-0.39, 0.29) is 12.5 Å². The molecule has 0 aliphatic carbocycles. The molecule has 0 saturated carbocycles. The Labute approximate surface area is 104 Å². The van der Waals surface area contributed by atoms with Crippen LogP contribution in [0, 0.1) is 0 Å². The summed E-state index contributed by atoms with van der Waals surface area (Å²) in [5.41, 5.74) is 1.27. The summed E-state index contributed by atoms with van der Waals surface area (Å²) in [6.07, 6.45) is 3.97. The zero-order valence-corrected chi connectivity index (χ0v) is 10.00. The van der Waals surface area contributed by atoms with Crippen LogP contribution in [0.15, 0.2) is 24.5 Å². The monoisotopic (exact) mass is 246 g/mol. The van der Waals surface area contributed by atoms with E-state index >= 15 is 0 Å². The van der Waals surface area contributed by atoms with Crippen LogP contribution in [0.3, 0.4) is 0 Å². The Morgan fingerprint density at radius 2 is 2.17 bits per heavy atom. The molecule has 2 heterocycles. The summed E-state index contributed by atoms with van der Waals surface area (Å²) in [5, 5.41) is 11.9. The molecule has 0 spiro atoms. The molecule has 2 rings (SSSR count). The van der Waals surface area contributed by atoms with Gasteiger partial charge in [-0.05, 0) is 18.6 Å². The number of carboxylic acid groups (broad SMARTS) is 1. The van der Waals surface area contributed by atoms with E-state index in [1.165, 1.54) is 0 Å². The van der Waals surface area contributed by atoms with Gasteiger partial charge in [-0.3, -0.25) is 9.78 Å². The Bertz CT molecular complexity index is 559. The zero-order chi connectivity index (χ0) is 13.0. The Morgan fingerprint density at radius 3 is 2.89 bits per heavy atom. The van der Waals surface area contributed by atoms with Crippen LogP contribution in [-0.4, -0.2) is 32.1 Å². The van der Waals surface area contributed by atoms with Crippen molar-refractivity contribution in [1.29, 1.82) is 0 Å². The Balaban J connectivity index is 2.17. The van der Waals surface area contributed by atoms with Gasteiger partial charge in [-0.15, -0.1) is 0 Å². The van der Waals surface area contributed by atoms with Gasteiger partial charge in [-0.25, -0.2) is 9.97 Å². The quantitative estimate of drug-likeness (QED) is 0.834. The van der Waals surface area contributed by atoms with Crippen molar-refractivity contribution in [3.63, 3.8) is 0 Å². The Kier molecular flexibility index (Phi) is 3.66. The van der Waals surface area contributed by atoms with E-state index in [2.05, 4.69) is 20.3 Å². The summed E-state index contributed by atoms with van der Waals surface area (Å²) < 4.78 is 0. The summed E-state index contributed by atoms with van der Waals surface area (Å²) >= 11 is 0. The number of hydrogen-bond donors (Lipinski definition) is 2. The maximum atomic E-state index is 10.7. The topological polar surface area (TPSA) is 88.0 Å². The van der Waals surface area contributed by atoms with E-state index in [9.17, 15) is 4.79 Å². The summed E-state index contributed by atoms with van der Waals surface area (Å²) in [4.78, 5) is 23.2. The average Bonchev–Trinajstić information content (AvgIpc) is 2.37. The molecule has 0 aliphatic heterocycles. The second-order valence-electron chi connectivity index (χ2n) is 3.94. The molecule has 6 heteroatoms. The molecule has 0 saturated heterocycles. The molecular formula is C12H14N4O2. The fraction of sp³-hybridized carbons (Fsp3) is 0.333. The van der Waals surface area contributed by atoms with Gasteiger partial charge in [0.15, 0.2) is 5.65 Å². The second kappa shape index (κ2) is 5.39. The number of fused-ring (bicyclic) bond motifs is 1. The number of anilines is 1. The van der Waals surface area contributed by atoms with Crippen molar-refractivity contribution in [3.8, 4) is 0 Å². The molecule has 2 aromatic rings. The number of aromatic nitrogens is 3. The molecule has 1 atom stereocenters. The lowest BCUT2D eigenvalue weighted by Gasteiger charge is -2.15. The second-order valence-corrected chi connectivity index (χ2v) is 3.94. The van der Waals surface area contributed by atoms with E-state index in [1.807, 2.05) is 13.0 Å². The highest BCUT2D eigenvalue weighted by Gasteiger charge is 2.11. The SMILES string of the molecule is CCC(CC(=O)O)Nc1ccc2nccnc2n1. The number of aliphatic carboxylic acids is 1. The predicted molar refractivity (Wildman–Crippen MR) is 67.3 cm³/mol. The largest absolute Gasteiger partial charge is 0.481 e. The number of carboxylic acids is 1. The van der Waals surface area contributed by atoms with Crippen LogP contribution in [0.25, 0.3) is 11.2 Å². The van der Waals surface area contributed by atoms with Crippen LogP contribution in [-0.2, 0) is 4.79 Å². The minimum Gasteiger partial charge on any atom is -0.481 e. The molecule has 2 aromatic heterocycles. The van der Waals surface area contributed by atoms with Crippen LogP contribution in [0.2, 0.25) is 0 Å². The summed E-state index contributed by atoms with van der Waals surface area (Å²) in [7, 11) is 0. The van der Waals surface area contributed by atoms with E-state index < -0.39 is 5.97 Å². The van der Waals surface area contributed by atoms with E-state index in [1.54, 1.807) is 18.5 Å². The number of nitrogens with one attached hydrogen (secondary N) is 1. The first-order chi connectivity index (χ1) is 8.69. The Hall–Kier alpha value is -2.24. The predicted octanol–water partition coefficient (Wildman–Crippen LogP) is 1.69. The lowest BCUT2D eigenvalue weighted by Crippen LogP contribution is -2.22. The van der Waals surface area contributed by atoms with Crippen LogP contribution in [0.5, 0.6) is 0 Å². The third-order valence-electron chi connectivity index (χ3n) is 2.60. The Morgan fingerprint density at radius 1 is 1.39 bits per heavy atom. The van der Waals surface area contributed by atoms with Crippen LogP contribution < -0.4 is 5.32 Å². The maximum Gasteiger partial charge on any atom is 0.305 e. The summed E-state index contributed by atoms with van der Waals surface area (Å²) in [5.74, 6) is -0.203. The smallest absolute Gasteiger partial charge is 0.305 e. The molecular weight excluding hydrogens is 232 g/mol. The molecule has 1 unspecified atom stereocenters. The van der Waals surface area contributed by atoms with Crippen LogP contribution in [0.1, 0.15) is 19.8 Å². The average molecular weight is 246 g/mol. The van der Waals surface area contributed by atoms with Gasteiger partial charge in [0.25, 0.3) is 0 Å². The van der Waals surface area contributed by atoms with Crippen molar-refractivity contribution in [1.82, 2.24) is 15.0 Å². The van der Waals surface area contributed by atoms with Gasteiger partial charge in [-0.1, -0.05) is 6.92 Å². The van der Waals surface area contributed by atoms with Crippen LogP contribution >= 0.6 is 0 Å². The molecule has 0 aliphatic rings. The van der Waals surface area contributed by atoms with Gasteiger partial charge in [-0.2, -0.15) is 0 Å². The third-order valence-corrected chi connectivity index (χ3v) is 2.60. The van der Waals surface area contributed by atoms with E-state index in [0.29, 0.717) is 23.4 Å². The fourth-order valence-corrected chi connectivity index (χ4v) is 1.65. The molecule has 2 N–H and O–H groups in total. The third kappa shape index (κ3) is 2.91. The van der Waals surface area contributed by atoms with Gasteiger partial charge in [0.1, 0.15) is 11.3 Å². The molecule has 6 nitrogen and oxygen atoms in total. The normalized spacial score (nSPS) is 12.3. The van der Waals surface area contributed by atoms with Gasteiger partial charge >= 0.3 is 5.97 Å². The van der Waals surface area contributed by atoms with Crippen molar-refractivity contribution < 1.29 is 9.90 Å². The van der Waals surface area contributed by atoms with Gasteiger partial charge < -0.3 is 10.4 Å². The number of pyridine rings is 1. The van der Waals surface area contributed by atoms with Gasteiger partial charge in [0.2, 0.25) is 0 Å². The number of carbonyl (C=O) groups is 1. The van der Waals surface area contributed by atoms with Crippen molar-refractivity contribution >= 4 is 23.0 Å². The molecule has 0 radical (unpaired) electrons. The molecule has 18 heavy (non-hydrogen) atoms. The van der Waals surface area contributed by atoms with Gasteiger partial charge in [0, 0.05) is 18.4 Å². The molecule has 0 aromatic carbocycles. The van der Waals surface area contributed by atoms with E-state index in [4.69, 9.17) is 5.11 Å². The number of nitrogens with zero attached hydrogens (tertiary/aromatic N) is 3. The van der Waals surface area contributed by atoms with Crippen molar-refractivity contribution in [3.05, 3.63) is 24.5 Å². The minimum absolute atomic E-state index is 0.0662. The maximum absolute atomic E-state index is 10.7. The number of hydrogen-bond acceptors (Lipinski definition) is 5. The molecule has 0 bridgehead atoms. The highest BCUT2D eigenvalue weighted by molar-refractivity contribution is 5.72. The minimum atomic E-state index is -0.824. The van der Waals surface area contributed by atoms with Crippen molar-refractivity contribution in [2.45, 2.75) is 25.8 Å². The van der Waals surface area contributed by atoms with Gasteiger partial charge in [0.05, 0.1) is 6.42 Å². The van der Waals surface area contributed by atoms with E-state index in [0.717, 1.165) is 0 Å². The molecule has 94 valence electrons. The first-order valence-corrected chi connectivity index (χ1v) is 5.75. The lowest BCUT2D eigenvalue weighted by atomic mass is 10.1.